The molecule has 0 aliphatic carbocycles. The lowest BCUT2D eigenvalue weighted by atomic mass is 10.1. The molecular formula is C20H27N5O. The minimum atomic E-state index is -0.176. The van der Waals surface area contributed by atoms with E-state index in [1.165, 1.54) is 5.01 Å². The van der Waals surface area contributed by atoms with Crippen LogP contribution in [0.25, 0.3) is 0 Å². The number of nitrogens with one attached hydrogen (secondary N) is 1. The average molecular weight is 353 g/mol. The molecule has 2 aromatic carbocycles. The van der Waals surface area contributed by atoms with Crippen LogP contribution in [0, 0.1) is 6.92 Å². The molecule has 26 heavy (non-hydrogen) atoms. The zero-order valence-electron chi connectivity index (χ0n) is 15.1. The molecule has 2 rings (SSSR count). The van der Waals surface area contributed by atoms with Gasteiger partial charge in [-0.05, 0) is 31.0 Å². The monoisotopic (exact) mass is 353 g/mol. The Hall–Kier alpha value is -2.83. The van der Waals surface area contributed by atoms with Crippen LogP contribution in [0.1, 0.15) is 21.5 Å². The third-order valence-electron chi connectivity index (χ3n) is 4.09. The first-order valence-corrected chi connectivity index (χ1v) is 8.57. The minimum Gasteiger partial charge on any atom is -0.399 e. The van der Waals surface area contributed by atoms with Crippen molar-refractivity contribution in [3.63, 3.8) is 0 Å². The first kappa shape index (κ1) is 19.5. The van der Waals surface area contributed by atoms with Crippen LogP contribution in [0.15, 0.2) is 66.5 Å². The summed E-state index contributed by atoms with van der Waals surface area (Å²) in [5.41, 5.74) is 15.1. The fourth-order valence-corrected chi connectivity index (χ4v) is 2.53. The Kier molecular flexibility index (Phi) is 7.20. The highest BCUT2D eigenvalue weighted by Crippen LogP contribution is 2.07. The fourth-order valence-electron chi connectivity index (χ4n) is 2.53. The predicted octanol–water partition coefficient (Wildman–Crippen LogP) is 1.27. The molecule has 0 radical (unpaired) electrons. The number of carbonyl (C=O) groups is 1. The van der Waals surface area contributed by atoms with Gasteiger partial charge in [0.1, 0.15) is 0 Å². The third-order valence-corrected chi connectivity index (χ3v) is 4.09. The molecule has 1 unspecified atom stereocenters. The molecule has 6 nitrogen and oxygen atoms in total. The molecule has 6 heteroatoms. The summed E-state index contributed by atoms with van der Waals surface area (Å²) in [4.78, 5) is 12.1. The van der Waals surface area contributed by atoms with E-state index in [1.807, 2.05) is 49.4 Å². The van der Waals surface area contributed by atoms with Gasteiger partial charge in [-0.15, -0.1) is 0 Å². The van der Waals surface area contributed by atoms with Crippen LogP contribution in [0.2, 0.25) is 0 Å². The lowest BCUT2D eigenvalue weighted by Gasteiger charge is -2.25. The van der Waals surface area contributed by atoms with E-state index < -0.39 is 0 Å². The van der Waals surface area contributed by atoms with Gasteiger partial charge in [-0.1, -0.05) is 48.0 Å². The normalized spacial score (nSPS) is 12.5. The molecule has 0 saturated carbocycles. The molecule has 0 aliphatic rings. The number of nitrogens with two attached hydrogens (primary N) is 3. The Morgan fingerprint density at radius 2 is 1.81 bits per heavy atom. The number of nitrogens with zero attached hydrogens (tertiary/aromatic N) is 1. The number of aryl methyl sites for hydroxylation is 1. The highest BCUT2D eigenvalue weighted by molar-refractivity contribution is 5.94. The van der Waals surface area contributed by atoms with Gasteiger partial charge in [0.15, 0.2) is 0 Å². The number of carbonyl (C=O) groups excluding carboxylic acids is 1. The van der Waals surface area contributed by atoms with Crippen molar-refractivity contribution in [3.05, 3.63) is 83.2 Å². The van der Waals surface area contributed by atoms with Crippen molar-refractivity contribution in [2.75, 3.05) is 13.1 Å². The van der Waals surface area contributed by atoms with Crippen molar-refractivity contribution in [2.45, 2.75) is 19.4 Å². The maximum atomic E-state index is 12.1. The Bertz CT molecular complexity index is 728. The first-order valence-electron chi connectivity index (χ1n) is 8.57. The summed E-state index contributed by atoms with van der Waals surface area (Å²) in [5.74, 6) is 5.92. The smallest absolute Gasteiger partial charge is 0.251 e. The van der Waals surface area contributed by atoms with E-state index in [-0.39, 0.29) is 18.5 Å². The molecule has 0 aromatic heterocycles. The molecule has 1 atom stereocenters. The van der Waals surface area contributed by atoms with E-state index in [0.717, 1.165) is 11.1 Å². The fraction of sp³-hybridized carbons (Fsp3) is 0.250. The second kappa shape index (κ2) is 9.60. The van der Waals surface area contributed by atoms with Gasteiger partial charge in [0.25, 0.3) is 5.91 Å². The number of hydrogen-bond donors (Lipinski definition) is 4. The van der Waals surface area contributed by atoms with Crippen LogP contribution in [0.3, 0.4) is 0 Å². The van der Waals surface area contributed by atoms with Crippen LogP contribution in [0.4, 0.5) is 0 Å². The van der Waals surface area contributed by atoms with E-state index in [4.69, 9.17) is 17.3 Å². The molecule has 2 aromatic rings. The number of rotatable bonds is 8. The standard InChI is InChI=1S/C20H27N5O/c1-15-7-9-17(10-8-15)20(26)24-13-18(22)14-25(23)19(12-21)11-16-5-3-2-4-6-16/h2-10,14,19H,11-13,21-23H2,1H3,(H,24,26)/b18-14-. The summed E-state index contributed by atoms with van der Waals surface area (Å²) in [7, 11) is 0. The molecule has 7 N–H and O–H groups in total. The largest absolute Gasteiger partial charge is 0.399 e. The zero-order chi connectivity index (χ0) is 18.9. The van der Waals surface area contributed by atoms with Crippen molar-refractivity contribution in [3.8, 4) is 0 Å². The number of hydrazine groups is 1. The van der Waals surface area contributed by atoms with Gasteiger partial charge in [-0.3, -0.25) is 4.79 Å². The van der Waals surface area contributed by atoms with Crippen molar-refractivity contribution in [1.82, 2.24) is 10.3 Å². The van der Waals surface area contributed by atoms with Gasteiger partial charge in [0, 0.05) is 24.0 Å². The summed E-state index contributed by atoms with van der Waals surface area (Å²) in [6.07, 6.45) is 2.34. The van der Waals surface area contributed by atoms with Crippen LogP contribution in [0.5, 0.6) is 0 Å². The Morgan fingerprint density at radius 1 is 1.15 bits per heavy atom. The SMILES string of the molecule is Cc1ccc(C(=O)NC/C(N)=C/N(N)C(CN)Cc2ccccc2)cc1. The van der Waals surface area contributed by atoms with E-state index >= 15 is 0 Å². The maximum absolute atomic E-state index is 12.1. The summed E-state index contributed by atoms with van der Waals surface area (Å²) in [6.45, 7) is 2.58. The van der Waals surface area contributed by atoms with E-state index in [2.05, 4.69) is 5.32 Å². The van der Waals surface area contributed by atoms with Gasteiger partial charge in [0.2, 0.25) is 0 Å². The van der Waals surface area contributed by atoms with Gasteiger partial charge in [0.05, 0.1) is 12.6 Å². The maximum Gasteiger partial charge on any atom is 0.251 e. The zero-order valence-corrected chi connectivity index (χ0v) is 15.1. The quantitative estimate of drug-likeness (QED) is 0.422. The molecule has 0 heterocycles. The molecule has 0 bridgehead atoms. The highest BCUT2D eigenvalue weighted by atomic mass is 16.1. The van der Waals surface area contributed by atoms with E-state index in [1.54, 1.807) is 18.3 Å². The van der Waals surface area contributed by atoms with Gasteiger partial charge >= 0.3 is 0 Å². The van der Waals surface area contributed by atoms with Crippen molar-refractivity contribution in [1.29, 1.82) is 0 Å². The van der Waals surface area contributed by atoms with Crippen LogP contribution in [-0.4, -0.2) is 30.0 Å². The van der Waals surface area contributed by atoms with Crippen molar-refractivity contribution in [2.24, 2.45) is 17.3 Å². The Labute approximate surface area is 154 Å². The molecular weight excluding hydrogens is 326 g/mol. The second-order valence-electron chi connectivity index (χ2n) is 6.28. The lowest BCUT2D eigenvalue weighted by molar-refractivity contribution is 0.0956. The molecule has 0 saturated heterocycles. The second-order valence-corrected chi connectivity index (χ2v) is 6.28. The summed E-state index contributed by atoms with van der Waals surface area (Å²) >= 11 is 0. The van der Waals surface area contributed by atoms with Gasteiger partial charge in [-0.2, -0.15) is 0 Å². The van der Waals surface area contributed by atoms with Crippen LogP contribution >= 0.6 is 0 Å². The molecule has 0 aliphatic heterocycles. The molecule has 1 amide bonds. The molecule has 0 spiro atoms. The average Bonchev–Trinajstić information content (AvgIpc) is 2.65. The van der Waals surface area contributed by atoms with E-state index in [0.29, 0.717) is 24.2 Å². The van der Waals surface area contributed by atoms with Crippen molar-refractivity contribution < 1.29 is 4.79 Å². The Morgan fingerprint density at radius 3 is 2.42 bits per heavy atom. The minimum absolute atomic E-state index is 0.0799. The van der Waals surface area contributed by atoms with E-state index in [9.17, 15) is 4.79 Å². The molecule has 0 fully saturated rings. The predicted molar refractivity (Wildman–Crippen MR) is 105 cm³/mol. The molecule has 138 valence electrons. The van der Waals surface area contributed by atoms with Crippen LogP contribution < -0.4 is 22.6 Å². The van der Waals surface area contributed by atoms with Gasteiger partial charge in [-0.25, -0.2) is 5.84 Å². The lowest BCUT2D eigenvalue weighted by Crippen LogP contribution is -2.44. The number of benzene rings is 2. The Balaban J connectivity index is 1.90. The summed E-state index contributed by atoms with van der Waals surface area (Å²) in [5, 5.41) is 4.30. The summed E-state index contributed by atoms with van der Waals surface area (Å²) < 4.78 is 0. The number of amides is 1. The number of hydrogen-bond acceptors (Lipinski definition) is 5. The summed E-state index contributed by atoms with van der Waals surface area (Å²) in [6, 6.07) is 17.3. The topological polar surface area (TPSA) is 110 Å². The van der Waals surface area contributed by atoms with Crippen molar-refractivity contribution >= 4 is 5.91 Å². The third kappa shape index (κ3) is 5.91. The van der Waals surface area contributed by atoms with Crippen LogP contribution in [-0.2, 0) is 6.42 Å². The first-order chi connectivity index (χ1) is 12.5. The van der Waals surface area contributed by atoms with Gasteiger partial charge < -0.3 is 21.8 Å². The highest BCUT2D eigenvalue weighted by Gasteiger charge is 2.13.